The summed E-state index contributed by atoms with van der Waals surface area (Å²) in [6.45, 7) is 16.8. The second-order valence-corrected chi connectivity index (χ2v) is 27.8. The van der Waals surface area contributed by atoms with Crippen LogP contribution in [0.5, 0.6) is 0 Å². The van der Waals surface area contributed by atoms with Crippen LogP contribution in [-0.2, 0) is 57.0 Å². The number of carbonyl (C=O) groups is 2. The first-order chi connectivity index (χ1) is 37.8. The fraction of sp³-hybridized carbons (Fsp3) is 0.964. The van der Waals surface area contributed by atoms with Crippen LogP contribution in [0, 0.1) is 50.2 Å². The fourth-order valence-corrected chi connectivity index (χ4v) is 18.4. The molecule has 81 heavy (non-hydrogen) atoms. The number of esters is 1. The zero-order valence-electron chi connectivity index (χ0n) is 47.7. The SMILES string of the molecule is CC(=O)OC1CC(C)(C)CC2C13COC21CCC2C4(C)CCC(OC5OC(C(=O)O)C(O)C(OC6OC(CO)C(O)C(O)C6OC6OC(C)C(O)C(O)C6O)C5OC5OC(CO)C(O)C(O)C5O)C(C)(C)C4CCC2(C)C1(C)CC3O. The molecule has 0 aromatic carbocycles. The van der Waals surface area contributed by atoms with Gasteiger partial charge in [-0.1, -0.05) is 48.5 Å². The van der Waals surface area contributed by atoms with E-state index in [1.807, 2.05) is 0 Å². The lowest BCUT2D eigenvalue weighted by Gasteiger charge is -2.75. The highest BCUT2D eigenvalue weighted by Crippen LogP contribution is 2.81. The molecule has 1 spiro atoms. The molecule has 5 aliphatic carbocycles. The monoisotopic (exact) mass is 1160 g/mol. The summed E-state index contributed by atoms with van der Waals surface area (Å²) in [5.74, 6) is -2.06. The van der Waals surface area contributed by atoms with E-state index in [0.717, 1.165) is 25.7 Å². The van der Waals surface area contributed by atoms with E-state index in [1.165, 1.54) is 13.8 Å². The molecule has 13 N–H and O–H groups in total. The van der Waals surface area contributed by atoms with Crippen LogP contribution < -0.4 is 0 Å². The Morgan fingerprint density at radius 3 is 1.74 bits per heavy atom. The summed E-state index contributed by atoms with van der Waals surface area (Å²) < 4.78 is 62.6. The summed E-state index contributed by atoms with van der Waals surface area (Å²) in [4.78, 5) is 25.8. The number of hydrogen-bond acceptors (Lipinski definition) is 24. The second-order valence-electron chi connectivity index (χ2n) is 27.8. The third-order valence-corrected chi connectivity index (χ3v) is 22.8. The summed E-state index contributed by atoms with van der Waals surface area (Å²) in [6.07, 6.45) is -33.6. The van der Waals surface area contributed by atoms with Gasteiger partial charge in [0.2, 0.25) is 0 Å². The molecule has 2 bridgehead atoms. The minimum absolute atomic E-state index is 0.0450. The Morgan fingerprint density at radius 1 is 0.543 bits per heavy atom. The third kappa shape index (κ3) is 9.51. The number of carboxylic acid groups (broad SMARTS) is 1. The number of aliphatic carboxylic acids is 1. The molecule has 5 saturated carbocycles. The lowest BCUT2D eigenvalue weighted by Crippen LogP contribution is -2.75. The molecule has 0 aromatic rings. The molecule has 0 aromatic heterocycles. The summed E-state index contributed by atoms with van der Waals surface area (Å²) in [5, 5.41) is 144. The van der Waals surface area contributed by atoms with Gasteiger partial charge in [-0.2, -0.15) is 0 Å². The van der Waals surface area contributed by atoms with E-state index in [0.29, 0.717) is 38.7 Å². The minimum Gasteiger partial charge on any atom is -0.479 e. The Balaban J connectivity index is 0.968. The highest BCUT2D eigenvalue weighted by molar-refractivity contribution is 5.73. The molecule has 31 unspecified atom stereocenters. The fourth-order valence-electron chi connectivity index (χ4n) is 18.4. The summed E-state index contributed by atoms with van der Waals surface area (Å²) in [7, 11) is 0. The van der Waals surface area contributed by atoms with Gasteiger partial charge in [-0.25, -0.2) is 4.79 Å². The standard InChI is InChI=1S/C56H90O25/c1-22-32(61)35(64)38(67)46(73-22)80-43-37(66)34(63)25(20-58)76-48(43)78-41-40(69)42(45(70)71)79-49(44(41)81-47-39(68)36(65)33(62)24(19-57)75-47)77-30-12-13-52(7)26(51(30,5)6)10-14-53(8)27(52)11-15-56-28-16-50(3,4)18-31(74-23(2)59)55(28,21-72-56)29(60)17-54(53,56)9/h22,24-44,46-49,57-58,60-69H,10-21H2,1-9H3,(H,70,71). The molecule has 0 radical (unpaired) electrons. The number of aliphatic hydroxyl groups is 12. The first kappa shape index (κ1) is 62.2. The molecule has 10 aliphatic rings. The van der Waals surface area contributed by atoms with E-state index in [4.69, 9.17) is 47.4 Å². The number of aliphatic hydroxyl groups excluding tert-OH is 12. The van der Waals surface area contributed by atoms with Crippen molar-refractivity contribution in [3.63, 3.8) is 0 Å². The average Bonchev–Trinajstić information content (AvgIpc) is 1.69. The van der Waals surface area contributed by atoms with Gasteiger partial charge >= 0.3 is 11.9 Å². The molecular formula is C56H90O25. The van der Waals surface area contributed by atoms with Crippen LogP contribution in [0.2, 0.25) is 0 Å². The van der Waals surface area contributed by atoms with Gasteiger partial charge in [0.25, 0.3) is 0 Å². The number of carbonyl (C=O) groups excluding carboxylic acids is 1. The van der Waals surface area contributed by atoms with Crippen molar-refractivity contribution >= 4 is 11.9 Å². The van der Waals surface area contributed by atoms with E-state index >= 15 is 0 Å². The van der Waals surface area contributed by atoms with Crippen LogP contribution in [0.15, 0.2) is 0 Å². The Bertz CT molecular complexity index is 2290. The molecule has 31 atom stereocenters. The molecule has 5 heterocycles. The van der Waals surface area contributed by atoms with Gasteiger partial charge in [-0.05, 0) is 98.2 Å². The van der Waals surface area contributed by atoms with Crippen LogP contribution in [-0.4, -0.2) is 245 Å². The normalized spacial score (nSPS) is 55.6. The van der Waals surface area contributed by atoms with Crippen molar-refractivity contribution in [1.29, 1.82) is 0 Å². The topological polar surface area (TPSA) is 389 Å². The molecule has 5 saturated heterocycles. The van der Waals surface area contributed by atoms with Crippen LogP contribution in [0.25, 0.3) is 0 Å². The zero-order chi connectivity index (χ0) is 59.2. The zero-order valence-corrected chi connectivity index (χ0v) is 47.7. The number of carboxylic acids is 1. The molecule has 25 heteroatoms. The van der Waals surface area contributed by atoms with Gasteiger partial charge in [-0.15, -0.1) is 0 Å². The first-order valence-electron chi connectivity index (χ1n) is 29.1. The predicted molar refractivity (Wildman–Crippen MR) is 272 cm³/mol. The van der Waals surface area contributed by atoms with E-state index in [2.05, 4.69) is 48.5 Å². The van der Waals surface area contributed by atoms with Gasteiger partial charge in [0.05, 0.1) is 49.1 Å². The van der Waals surface area contributed by atoms with Gasteiger partial charge < -0.3 is 114 Å². The first-order valence-corrected chi connectivity index (χ1v) is 29.1. The molecule has 464 valence electrons. The summed E-state index contributed by atoms with van der Waals surface area (Å²) in [6, 6.07) is 0. The van der Waals surface area contributed by atoms with Gasteiger partial charge in [0, 0.05) is 18.3 Å². The number of ether oxygens (including phenoxy) is 10. The smallest absolute Gasteiger partial charge is 0.335 e. The Morgan fingerprint density at radius 2 is 1.11 bits per heavy atom. The quantitative estimate of drug-likeness (QED) is 0.0766. The second kappa shape index (κ2) is 21.8. The predicted octanol–water partition coefficient (Wildman–Crippen LogP) is -1.69. The van der Waals surface area contributed by atoms with E-state index in [-0.39, 0.29) is 40.0 Å². The summed E-state index contributed by atoms with van der Waals surface area (Å²) >= 11 is 0. The van der Waals surface area contributed by atoms with Gasteiger partial charge in [-0.3, -0.25) is 4.79 Å². The molecule has 0 amide bonds. The average molecular weight is 1160 g/mol. The lowest BCUT2D eigenvalue weighted by molar-refractivity contribution is -0.406. The molecule has 5 aliphatic heterocycles. The van der Waals surface area contributed by atoms with Crippen molar-refractivity contribution in [2.75, 3.05) is 19.8 Å². The van der Waals surface area contributed by atoms with Crippen molar-refractivity contribution < 1.29 is 123 Å². The summed E-state index contributed by atoms with van der Waals surface area (Å²) in [5.41, 5.74) is -3.43. The maximum atomic E-state index is 13.2. The molecule has 25 nitrogen and oxygen atoms in total. The maximum absolute atomic E-state index is 13.2. The van der Waals surface area contributed by atoms with Crippen molar-refractivity contribution in [3.8, 4) is 0 Å². The maximum Gasteiger partial charge on any atom is 0.335 e. The molecule has 10 fully saturated rings. The number of rotatable bonds is 12. The van der Waals surface area contributed by atoms with E-state index < -0.39 is 182 Å². The van der Waals surface area contributed by atoms with Crippen LogP contribution >= 0.6 is 0 Å². The Labute approximate surface area is 471 Å². The minimum atomic E-state index is -2.25. The largest absolute Gasteiger partial charge is 0.479 e. The van der Waals surface area contributed by atoms with E-state index in [9.17, 15) is 76.0 Å². The van der Waals surface area contributed by atoms with Crippen LogP contribution in [0.4, 0.5) is 0 Å². The van der Waals surface area contributed by atoms with Crippen LogP contribution in [0.1, 0.15) is 120 Å². The Kier molecular flexibility index (Phi) is 16.7. The van der Waals surface area contributed by atoms with Crippen molar-refractivity contribution in [1.82, 2.24) is 0 Å². The Hall–Kier alpha value is -1.90. The lowest BCUT2D eigenvalue weighted by atomic mass is 9.30. The van der Waals surface area contributed by atoms with Crippen LogP contribution in [0.3, 0.4) is 0 Å². The number of fused-ring (bicyclic) bond motifs is 4. The highest BCUT2D eigenvalue weighted by atomic mass is 16.8. The number of hydrogen-bond donors (Lipinski definition) is 13. The van der Waals surface area contributed by atoms with Gasteiger partial charge in [0.15, 0.2) is 31.3 Å². The van der Waals surface area contributed by atoms with Crippen molar-refractivity contribution in [2.45, 2.75) is 267 Å². The van der Waals surface area contributed by atoms with E-state index in [1.54, 1.807) is 0 Å². The highest BCUT2D eigenvalue weighted by Gasteiger charge is 2.82. The van der Waals surface area contributed by atoms with Crippen molar-refractivity contribution in [2.24, 2.45) is 50.2 Å². The van der Waals surface area contributed by atoms with Gasteiger partial charge in [0.1, 0.15) is 91.6 Å². The molecule has 10 rings (SSSR count). The van der Waals surface area contributed by atoms with Crippen molar-refractivity contribution in [3.05, 3.63) is 0 Å². The third-order valence-electron chi connectivity index (χ3n) is 22.8. The molecular weight excluding hydrogens is 1070 g/mol.